The molecule has 3 aromatic rings. The number of ether oxygens (including phenoxy) is 2. The van der Waals surface area contributed by atoms with Crippen molar-refractivity contribution in [2.24, 2.45) is 0 Å². The van der Waals surface area contributed by atoms with Crippen molar-refractivity contribution in [1.29, 1.82) is 0 Å². The van der Waals surface area contributed by atoms with Gasteiger partial charge in [-0.1, -0.05) is 12.1 Å². The first-order valence-corrected chi connectivity index (χ1v) is 9.63. The van der Waals surface area contributed by atoms with E-state index >= 15 is 0 Å². The maximum Gasteiger partial charge on any atom is 0.326 e. The van der Waals surface area contributed by atoms with Crippen LogP contribution in [0.3, 0.4) is 0 Å². The molecule has 2 aromatic heterocycles. The Kier molecular flexibility index (Phi) is 6.47. The highest BCUT2D eigenvalue weighted by molar-refractivity contribution is 5.99. The Labute approximate surface area is 174 Å². The predicted octanol–water partition coefficient (Wildman–Crippen LogP) is 2.45. The maximum absolute atomic E-state index is 12.6. The number of aryl methyl sites for hydroxylation is 1. The van der Waals surface area contributed by atoms with Crippen molar-refractivity contribution < 1.29 is 19.1 Å². The molecule has 3 rings (SSSR count). The van der Waals surface area contributed by atoms with Crippen LogP contribution >= 0.6 is 0 Å². The highest BCUT2D eigenvalue weighted by Gasteiger charge is 2.20. The Morgan fingerprint density at radius 1 is 1.20 bits per heavy atom. The van der Waals surface area contributed by atoms with Crippen LogP contribution in [0.5, 0.6) is 0 Å². The van der Waals surface area contributed by atoms with Gasteiger partial charge in [-0.25, -0.2) is 4.98 Å². The van der Waals surface area contributed by atoms with Gasteiger partial charge >= 0.3 is 5.97 Å². The topological polar surface area (TPSA) is 92.4 Å². The van der Waals surface area contributed by atoms with Crippen molar-refractivity contribution in [3.63, 3.8) is 0 Å². The molecule has 2 heterocycles. The lowest BCUT2D eigenvalue weighted by Crippen LogP contribution is -2.27. The van der Waals surface area contributed by atoms with Gasteiger partial charge in [0.25, 0.3) is 5.56 Å². The smallest absolute Gasteiger partial charge is 0.326 e. The molecule has 30 heavy (non-hydrogen) atoms. The van der Waals surface area contributed by atoms with E-state index < -0.39 is 12.6 Å². The highest BCUT2D eigenvalue weighted by Crippen LogP contribution is 2.21. The minimum absolute atomic E-state index is 0.0754. The largest absolute Gasteiger partial charge is 0.456 e. The first kappa shape index (κ1) is 21.4. The van der Waals surface area contributed by atoms with Gasteiger partial charge < -0.3 is 14.0 Å². The normalized spacial score (nSPS) is 12.1. The van der Waals surface area contributed by atoms with E-state index in [0.717, 1.165) is 11.4 Å². The summed E-state index contributed by atoms with van der Waals surface area (Å²) in [7, 11) is 1.63. The van der Waals surface area contributed by atoms with Crippen LogP contribution in [0, 0.1) is 13.8 Å². The standard InChI is InChI=1S/C22H25N3O5/c1-14-9-18(16(3)25(14)15(2)11-29-4)20(26)12-30-21(27)10-24-13-23-19-8-6-5-7-17(19)22(24)28/h5-9,13,15H,10-12H2,1-4H3/t15-/m1/s1. The number of esters is 1. The summed E-state index contributed by atoms with van der Waals surface area (Å²) in [4.78, 5) is 41.4. The summed E-state index contributed by atoms with van der Waals surface area (Å²) in [5.74, 6) is -0.972. The quantitative estimate of drug-likeness (QED) is 0.418. The molecule has 0 aliphatic carbocycles. The number of fused-ring (bicyclic) bond motifs is 1. The molecule has 0 N–H and O–H groups in total. The monoisotopic (exact) mass is 411 g/mol. The van der Waals surface area contributed by atoms with Gasteiger partial charge in [-0.05, 0) is 39.0 Å². The summed E-state index contributed by atoms with van der Waals surface area (Å²) in [6.07, 6.45) is 1.30. The Morgan fingerprint density at radius 2 is 1.93 bits per heavy atom. The number of ketones is 1. The summed E-state index contributed by atoms with van der Waals surface area (Å²) < 4.78 is 13.5. The minimum Gasteiger partial charge on any atom is -0.456 e. The van der Waals surface area contributed by atoms with Crippen molar-refractivity contribution in [2.75, 3.05) is 20.3 Å². The van der Waals surface area contributed by atoms with E-state index in [-0.39, 0.29) is 23.9 Å². The molecular formula is C22H25N3O5. The number of nitrogens with zero attached hydrogens (tertiary/aromatic N) is 3. The fourth-order valence-corrected chi connectivity index (χ4v) is 3.68. The molecule has 0 amide bonds. The van der Waals surface area contributed by atoms with Crippen LogP contribution in [-0.2, 0) is 20.8 Å². The van der Waals surface area contributed by atoms with Gasteiger partial charge in [0.2, 0.25) is 5.78 Å². The number of methoxy groups -OCH3 is 1. The van der Waals surface area contributed by atoms with Crippen LogP contribution in [-0.4, -0.2) is 46.2 Å². The fourth-order valence-electron chi connectivity index (χ4n) is 3.68. The second-order valence-corrected chi connectivity index (χ2v) is 7.24. The van der Waals surface area contributed by atoms with Gasteiger partial charge in [-0.3, -0.25) is 19.0 Å². The zero-order valence-corrected chi connectivity index (χ0v) is 17.5. The molecule has 0 aliphatic heterocycles. The highest BCUT2D eigenvalue weighted by atomic mass is 16.5. The zero-order chi connectivity index (χ0) is 21.8. The second kappa shape index (κ2) is 9.04. The summed E-state index contributed by atoms with van der Waals surface area (Å²) in [6, 6.07) is 8.75. The second-order valence-electron chi connectivity index (χ2n) is 7.24. The number of hydrogen-bond acceptors (Lipinski definition) is 6. The third-order valence-electron chi connectivity index (χ3n) is 5.03. The molecule has 0 fully saturated rings. The molecule has 0 aliphatic rings. The molecule has 1 atom stereocenters. The van der Waals surface area contributed by atoms with Crippen molar-refractivity contribution in [2.45, 2.75) is 33.4 Å². The van der Waals surface area contributed by atoms with Gasteiger partial charge in [-0.15, -0.1) is 0 Å². The molecule has 8 nitrogen and oxygen atoms in total. The molecule has 0 unspecified atom stereocenters. The fraction of sp³-hybridized carbons (Fsp3) is 0.364. The van der Waals surface area contributed by atoms with E-state index in [1.165, 1.54) is 10.9 Å². The van der Waals surface area contributed by atoms with Crippen LogP contribution in [0.4, 0.5) is 0 Å². The lowest BCUT2D eigenvalue weighted by molar-refractivity contribution is -0.143. The van der Waals surface area contributed by atoms with Gasteiger partial charge in [0.1, 0.15) is 6.54 Å². The number of carbonyl (C=O) groups is 2. The average molecular weight is 411 g/mol. The van der Waals surface area contributed by atoms with Gasteiger partial charge in [0.05, 0.1) is 29.9 Å². The van der Waals surface area contributed by atoms with Crippen molar-refractivity contribution in [3.05, 3.63) is 64.0 Å². The molecule has 8 heteroatoms. The van der Waals surface area contributed by atoms with E-state index in [0.29, 0.717) is 23.1 Å². The zero-order valence-electron chi connectivity index (χ0n) is 17.5. The van der Waals surface area contributed by atoms with E-state index in [9.17, 15) is 14.4 Å². The molecule has 0 saturated heterocycles. The number of hydrogen-bond donors (Lipinski definition) is 0. The third-order valence-corrected chi connectivity index (χ3v) is 5.03. The van der Waals surface area contributed by atoms with Gasteiger partial charge in [-0.2, -0.15) is 0 Å². The lowest BCUT2D eigenvalue weighted by Gasteiger charge is -2.17. The first-order chi connectivity index (χ1) is 14.3. The van der Waals surface area contributed by atoms with E-state index in [2.05, 4.69) is 4.98 Å². The van der Waals surface area contributed by atoms with Crippen LogP contribution < -0.4 is 5.56 Å². The maximum atomic E-state index is 12.6. The molecule has 1 aromatic carbocycles. The number of rotatable bonds is 8. The molecule has 158 valence electrons. The number of aromatic nitrogens is 3. The van der Waals surface area contributed by atoms with E-state index in [1.807, 2.05) is 25.3 Å². The number of carbonyl (C=O) groups excluding carboxylic acids is 2. The molecule has 0 saturated carbocycles. The molecule has 0 spiro atoms. The van der Waals surface area contributed by atoms with Crippen molar-refractivity contribution >= 4 is 22.7 Å². The molecular weight excluding hydrogens is 386 g/mol. The SMILES string of the molecule is COC[C@@H](C)n1c(C)cc(C(=O)COC(=O)Cn2cnc3ccccc3c2=O)c1C. The first-order valence-electron chi connectivity index (χ1n) is 9.63. The van der Waals surface area contributed by atoms with Gasteiger partial charge in [0, 0.05) is 24.1 Å². The Hall–Kier alpha value is -3.26. The summed E-state index contributed by atoms with van der Waals surface area (Å²) in [5, 5.41) is 0.418. The molecule has 0 radical (unpaired) electrons. The van der Waals surface area contributed by atoms with Crippen molar-refractivity contribution in [1.82, 2.24) is 14.1 Å². The minimum atomic E-state index is -0.677. The average Bonchev–Trinajstić information content (AvgIpc) is 3.03. The Balaban J connectivity index is 1.67. The number of Topliss-reactive ketones (excluding diaryl/α,β-unsaturated/α-hetero) is 1. The Bertz CT molecular complexity index is 1150. The Morgan fingerprint density at radius 3 is 2.67 bits per heavy atom. The van der Waals surface area contributed by atoms with Crippen LogP contribution in [0.1, 0.15) is 34.7 Å². The summed E-state index contributed by atoms with van der Waals surface area (Å²) in [6.45, 7) is 5.60. The van der Waals surface area contributed by atoms with Crippen molar-refractivity contribution in [3.8, 4) is 0 Å². The predicted molar refractivity (Wildman–Crippen MR) is 112 cm³/mol. The lowest BCUT2D eigenvalue weighted by atomic mass is 10.1. The van der Waals surface area contributed by atoms with Crippen LogP contribution in [0.15, 0.2) is 41.5 Å². The van der Waals surface area contributed by atoms with Crippen LogP contribution in [0.25, 0.3) is 10.9 Å². The molecule has 0 bridgehead atoms. The van der Waals surface area contributed by atoms with E-state index in [4.69, 9.17) is 9.47 Å². The van der Waals surface area contributed by atoms with E-state index in [1.54, 1.807) is 37.4 Å². The summed E-state index contributed by atoms with van der Waals surface area (Å²) in [5.41, 5.74) is 2.46. The van der Waals surface area contributed by atoms with Gasteiger partial charge in [0.15, 0.2) is 6.61 Å². The number of para-hydroxylation sites is 1. The summed E-state index contributed by atoms with van der Waals surface area (Å²) >= 11 is 0. The van der Waals surface area contributed by atoms with Crippen LogP contribution in [0.2, 0.25) is 0 Å². The number of benzene rings is 1. The third kappa shape index (κ3) is 4.33.